The molecule has 19 heavy (non-hydrogen) atoms. The molecule has 0 rings (SSSR count). The molecule has 0 aromatic rings. The minimum Gasteiger partial charge on any atom is -0.446 e. The quantitative estimate of drug-likeness (QED) is 0.566. The molecule has 0 bridgehead atoms. The zero-order valence-electron chi connectivity index (χ0n) is 12.7. The summed E-state index contributed by atoms with van der Waals surface area (Å²) in [6.45, 7) is 5.24. The van der Waals surface area contributed by atoms with Crippen LogP contribution in [0.5, 0.6) is 0 Å². The van der Waals surface area contributed by atoms with E-state index in [9.17, 15) is 9.59 Å². The second kappa shape index (κ2) is 7.18. The highest BCUT2D eigenvalue weighted by atomic mass is 17.2. The highest BCUT2D eigenvalue weighted by Gasteiger charge is 2.27. The van der Waals surface area contributed by atoms with Crippen molar-refractivity contribution < 1.29 is 24.1 Å². The second-order valence-electron chi connectivity index (χ2n) is 5.38. The number of ether oxygens (including phenoxy) is 1. The SMILES string of the molecule is CC(CC(C)(C)OOC(=O)N(C)C)OC(=O)N(C)C. The van der Waals surface area contributed by atoms with Gasteiger partial charge in [0.05, 0.1) is 0 Å². The van der Waals surface area contributed by atoms with Crippen molar-refractivity contribution in [2.75, 3.05) is 28.2 Å². The zero-order chi connectivity index (χ0) is 15.2. The molecule has 7 nitrogen and oxygen atoms in total. The van der Waals surface area contributed by atoms with Gasteiger partial charge in [-0.15, -0.1) is 0 Å². The lowest BCUT2D eigenvalue weighted by atomic mass is 10.0. The fourth-order valence-electron chi connectivity index (χ4n) is 1.27. The highest BCUT2D eigenvalue weighted by molar-refractivity contribution is 5.67. The van der Waals surface area contributed by atoms with Gasteiger partial charge >= 0.3 is 12.2 Å². The van der Waals surface area contributed by atoms with Gasteiger partial charge in [-0.25, -0.2) is 9.59 Å². The fourth-order valence-corrected chi connectivity index (χ4v) is 1.27. The van der Waals surface area contributed by atoms with Gasteiger partial charge in [-0.3, -0.25) is 4.89 Å². The van der Waals surface area contributed by atoms with Crippen LogP contribution >= 0.6 is 0 Å². The lowest BCUT2D eigenvalue weighted by Gasteiger charge is -2.27. The maximum atomic E-state index is 11.4. The van der Waals surface area contributed by atoms with E-state index in [1.807, 2.05) is 0 Å². The number of carbonyl (C=O) groups excluding carboxylic acids is 2. The molecule has 0 radical (unpaired) electrons. The van der Waals surface area contributed by atoms with Gasteiger partial charge in [-0.05, 0) is 20.8 Å². The van der Waals surface area contributed by atoms with Crippen molar-refractivity contribution in [3.63, 3.8) is 0 Å². The molecular formula is C12H24N2O5. The van der Waals surface area contributed by atoms with Crippen LogP contribution < -0.4 is 0 Å². The summed E-state index contributed by atoms with van der Waals surface area (Å²) < 4.78 is 5.16. The van der Waals surface area contributed by atoms with E-state index in [0.29, 0.717) is 6.42 Å². The molecule has 0 saturated carbocycles. The number of hydrogen-bond donors (Lipinski definition) is 0. The van der Waals surface area contributed by atoms with E-state index < -0.39 is 17.8 Å². The van der Waals surface area contributed by atoms with Gasteiger partial charge in [0.1, 0.15) is 11.7 Å². The standard InChI is InChI=1S/C12H24N2O5/c1-9(17-10(15)13(4)5)8-12(2,3)19-18-11(16)14(6)7/h9H,8H2,1-7H3. The molecule has 0 aliphatic carbocycles. The topological polar surface area (TPSA) is 68.3 Å². The average molecular weight is 276 g/mol. The van der Waals surface area contributed by atoms with Gasteiger partial charge in [-0.2, -0.15) is 4.89 Å². The van der Waals surface area contributed by atoms with Crippen LogP contribution in [0.2, 0.25) is 0 Å². The van der Waals surface area contributed by atoms with Gasteiger partial charge in [0.25, 0.3) is 0 Å². The molecule has 0 spiro atoms. The maximum absolute atomic E-state index is 11.4. The Hall–Kier alpha value is -1.50. The summed E-state index contributed by atoms with van der Waals surface area (Å²) in [4.78, 5) is 34.9. The van der Waals surface area contributed by atoms with E-state index in [2.05, 4.69) is 4.89 Å². The van der Waals surface area contributed by atoms with Crippen molar-refractivity contribution in [1.29, 1.82) is 0 Å². The first-order valence-electron chi connectivity index (χ1n) is 6.00. The van der Waals surface area contributed by atoms with Crippen molar-refractivity contribution >= 4 is 12.2 Å². The molecule has 0 aliphatic rings. The molecule has 2 amide bonds. The Morgan fingerprint density at radius 1 is 1.05 bits per heavy atom. The Labute approximate surface area is 114 Å². The molecule has 1 unspecified atom stereocenters. The van der Waals surface area contributed by atoms with Gasteiger partial charge in [0, 0.05) is 34.6 Å². The summed E-state index contributed by atoms with van der Waals surface area (Å²) in [6, 6.07) is 0. The summed E-state index contributed by atoms with van der Waals surface area (Å²) in [7, 11) is 6.32. The number of nitrogens with zero attached hydrogens (tertiary/aromatic N) is 2. The van der Waals surface area contributed by atoms with E-state index in [4.69, 9.17) is 9.62 Å². The van der Waals surface area contributed by atoms with E-state index >= 15 is 0 Å². The van der Waals surface area contributed by atoms with Crippen molar-refractivity contribution in [3.05, 3.63) is 0 Å². The Balaban J connectivity index is 4.21. The van der Waals surface area contributed by atoms with Crippen molar-refractivity contribution in [2.45, 2.75) is 38.9 Å². The monoisotopic (exact) mass is 276 g/mol. The Kier molecular flexibility index (Phi) is 6.61. The van der Waals surface area contributed by atoms with E-state index in [0.717, 1.165) is 0 Å². The summed E-state index contributed by atoms with van der Waals surface area (Å²) in [5.74, 6) is 0. The first-order chi connectivity index (χ1) is 8.55. The predicted octanol–water partition coefficient (Wildman–Crippen LogP) is 1.87. The van der Waals surface area contributed by atoms with Crippen molar-refractivity contribution in [1.82, 2.24) is 9.80 Å². The second-order valence-corrected chi connectivity index (χ2v) is 5.38. The summed E-state index contributed by atoms with van der Waals surface area (Å²) in [6.07, 6.45) is -0.977. The van der Waals surface area contributed by atoms with Crippen LogP contribution in [-0.2, 0) is 14.5 Å². The largest absolute Gasteiger partial charge is 0.446 e. The number of rotatable bonds is 5. The van der Waals surface area contributed by atoms with E-state index in [-0.39, 0.29) is 6.10 Å². The van der Waals surface area contributed by atoms with Crippen LogP contribution in [0.3, 0.4) is 0 Å². The van der Waals surface area contributed by atoms with Crippen molar-refractivity contribution in [3.8, 4) is 0 Å². The Bertz CT molecular complexity index is 315. The summed E-state index contributed by atoms with van der Waals surface area (Å²) in [5, 5.41) is 0. The van der Waals surface area contributed by atoms with Crippen LogP contribution in [0.15, 0.2) is 0 Å². The van der Waals surface area contributed by atoms with E-state index in [1.54, 1.807) is 49.0 Å². The molecule has 0 aromatic carbocycles. The van der Waals surface area contributed by atoms with Crippen LogP contribution in [0.25, 0.3) is 0 Å². The Morgan fingerprint density at radius 2 is 1.53 bits per heavy atom. The van der Waals surface area contributed by atoms with Gasteiger partial charge < -0.3 is 14.5 Å². The Morgan fingerprint density at radius 3 is 1.95 bits per heavy atom. The molecular weight excluding hydrogens is 252 g/mol. The first-order valence-corrected chi connectivity index (χ1v) is 6.00. The normalized spacial score (nSPS) is 12.6. The summed E-state index contributed by atoms with van der Waals surface area (Å²) >= 11 is 0. The van der Waals surface area contributed by atoms with Crippen LogP contribution in [0, 0.1) is 0 Å². The van der Waals surface area contributed by atoms with Crippen LogP contribution in [0.4, 0.5) is 9.59 Å². The lowest BCUT2D eigenvalue weighted by Crippen LogP contribution is -2.35. The molecule has 0 saturated heterocycles. The third-order valence-electron chi connectivity index (χ3n) is 2.15. The van der Waals surface area contributed by atoms with Gasteiger partial charge in [-0.1, -0.05) is 0 Å². The summed E-state index contributed by atoms with van der Waals surface area (Å²) in [5.41, 5.74) is -0.752. The molecule has 7 heteroatoms. The zero-order valence-corrected chi connectivity index (χ0v) is 12.7. The molecule has 1 atom stereocenters. The molecule has 0 fully saturated rings. The molecule has 0 aliphatic heterocycles. The van der Waals surface area contributed by atoms with Gasteiger partial charge in [0.15, 0.2) is 0 Å². The number of carbonyl (C=O) groups is 2. The molecule has 0 aromatic heterocycles. The molecule has 0 heterocycles. The minimum absolute atomic E-state index is 0.358. The molecule has 112 valence electrons. The number of amides is 2. The predicted molar refractivity (Wildman–Crippen MR) is 69.6 cm³/mol. The minimum atomic E-state index is -0.752. The van der Waals surface area contributed by atoms with Crippen molar-refractivity contribution in [2.24, 2.45) is 0 Å². The lowest BCUT2D eigenvalue weighted by molar-refractivity contribution is -0.314. The van der Waals surface area contributed by atoms with Crippen LogP contribution in [0.1, 0.15) is 27.2 Å². The van der Waals surface area contributed by atoms with Crippen LogP contribution in [-0.4, -0.2) is 61.9 Å². The highest BCUT2D eigenvalue weighted by Crippen LogP contribution is 2.19. The maximum Gasteiger partial charge on any atom is 0.440 e. The average Bonchev–Trinajstić information content (AvgIpc) is 2.24. The van der Waals surface area contributed by atoms with E-state index in [1.165, 1.54) is 9.80 Å². The van der Waals surface area contributed by atoms with Gasteiger partial charge in [0.2, 0.25) is 0 Å². The molecule has 0 N–H and O–H groups in total. The third-order valence-corrected chi connectivity index (χ3v) is 2.15. The third kappa shape index (κ3) is 7.50. The fraction of sp³-hybridized carbons (Fsp3) is 0.833. The smallest absolute Gasteiger partial charge is 0.440 e. The first kappa shape index (κ1) is 17.5. The number of hydrogen-bond acceptors (Lipinski definition) is 5.